The van der Waals surface area contributed by atoms with Gasteiger partial charge in [0, 0.05) is 13.1 Å². The molecular formula is C18H23NO2. The molecule has 0 heterocycles. The normalized spacial score (nSPS) is 10.4. The lowest BCUT2D eigenvalue weighted by Crippen LogP contribution is -2.12. The molecule has 0 saturated carbocycles. The topological polar surface area (TPSA) is 30.5 Å². The van der Waals surface area contributed by atoms with E-state index in [2.05, 4.69) is 36.5 Å². The fourth-order valence-electron chi connectivity index (χ4n) is 2.31. The van der Waals surface area contributed by atoms with Gasteiger partial charge in [-0.3, -0.25) is 0 Å². The van der Waals surface area contributed by atoms with Gasteiger partial charge in [0.05, 0.1) is 13.7 Å². The van der Waals surface area contributed by atoms with Crippen molar-refractivity contribution in [2.24, 2.45) is 0 Å². The van der Waals surface area contributed by atoms with Crippen molar-refractivity contribution in [1.82, 2.24) is 5.32 Å². The molecule has 2 aromatic rings. The van der Waals surface area contributed by atoms with Gasteiger partial charge < -0.3 is 14.8 Å². The van der Waals surface area contributed by atoms with E-state index in [9.17, 15) is 0 Å². The van der Waals surface area contributed by atoms with Gasteiger partial charge in [-0.1, -0.05) is 24.3 Å². The minimum atomic E-state index is 0.696. The van der Waals surface area contributed by atoms with Gasteiger partial charge in [0.2, 0.25) is 0 Å². The van der Waals surface area contributed by atoms with Crippen LogP contribution in [0.3, 0.4) is 0 Å². The summed E-state index contributed by atoms with van der Waals surface area (Å²) in [7, 11) is 1.70. The second-order valence-corrected chi connectivity index (χ2v) is 4.99. The summed E-state index contributed by atoms with van der Waals surface area (Å²) in [5.74, 6) is 1.86. The van der Waals surface area contributed by atoms with Gasteiger partial charge in [-0.25, -0.2) is 0 Å². The van der Waals surface area contributed by atoms with Crippen LogP contribution in [0.2, 0.25) is 0 Å². The van der Waals surface area contributed by atoms with Crippen molar-refractivity contribution in [3.8, 4) is 11.5 Å². The lowest BCUT2D eigenvalue weighted by Gasteiger charge is -2.10. The molecule has 0 bridgehead atoms. The molecule has 0 radical (unpaired) electrons. The van der Waals surface area contributed by atoms with E-state index >= 15 is 0 Å². The van der Waals surface area contributed by atoms with E-state index in [-0.39, 0.29) is 0 Å². The summed E-state index contributed by atoms with van der Waals surface area (Å²) in [5.41, 5.74) is 3.65. The van der Waals surface area contributed by atoms with Gasteiger partial charge in [0.1, 0.15) is 11.5 Å². The Balaban J connectivity index is 1.89. The molecule has 0 aliphatic carbocycles. The standard InChI is InChI=1S/C18H23NO2/c1-4-21-17-7-5-6-15(11-17)12-19-13-16-8-9-18(20-3)14(2)10-16/h5-11,19H,4,12-13H2,1-3H3. The van der Waals surface area contributed by atoms with Crippen LogP contribution in [0.25, 0.3) is 0 Å². The zero-order valence-corrected chi connectivity index (χ0v) is 13.0. The van der Waals surface area contributed by atoms with Crippen molar-refractivity contribution >= 4 is 0 Å². The van der Waals surface area contributed by atoms with E-state index < -0.39 is 0 Å². The first-order chi connectivity index (χ1) is 10.2. The van der Waals surface area contributed by atoms with Crippen LogP contribution in [0.15, 0.2) is 42.5 Å². The average Bonchev–Trinajstić information content (AvgIpc) is 2.48. The average molecular weight is 285 g/mol. The molecule has 0 spiro atoms. The van der Waals surface area contributed by atoms with Gasteiger partial charge >= 0.3 is 0 Å². The Labute approximate surface area is 126 Å². The maximum absolute atomic E-state index is 5.51. The van der Waals surface area contributed by atoms with E-state index in [4.69, 9.17) is 9.47 Å². The second kappa shape index (κ2) is 7.70. The van der Waals surface area contributed by atoms with Gasteiger partial charge in [-0.2, -0.15) is 0 Å². The molecule has 3 nitrogen and oxygen atoms in total. The van der Waals surface area contributed by atoms with Crippen LogP contribution in [0.5, 0.6) is 11.5 Å². The monoisotopic (exact) mass is 285 g/mol. The maximum Gasteiger partial charge on any atom is 0.121 e. The number of hydrogen-bond donors (Lipinski definition) is 1. The molecule has 2 aromatic carbocycles. The molecule has 1 N–H and O–H groups in total. The Morgan fingerprint density at radius 2 is 1.76 bits per heavy atom. The molecule has 0 fully saturated rings. The fraction of sp³-hybridized carbons (Fsp3) is 0.333. The molecule has 0 amide bonds. The van der Waals surface area contributed by atoms with Crippen LogP contribution in [0.1, 0.15) is 23.6 Å². The van der Waals surface area contributed by atoms with Gasteiger partial charge in [0.15, 0.2) is 0 Å². The largest absolute Gasteiger partial charge is 0.496 e. The van der Waals surface area contributed by atoms with Crippen molar-refractivity contribution in [2.75, 3.05) is 13.7 Å². The summed E-state index contributed by atoms with van der Waals surface area (Å²) in [6.07, 6.45) is 0. The zero-order valence-electron chi connectivity index (χ0n) is 13.0. The summed E-state index contributed by atoms with van der Waals surface area (Å²) in [5, 5.41) is 3.46. The number of nitrogens with one attached hydrogen (secondary N) is 1. The number of aryl methyl sites for hydroxylation is 1. The second-order valence-electron chi connectivity index (χ2n) is 4.99. The summed E-state index contributed by atoms with van der Waals surface area (Å²) < 4.78 is 10.8. The van der Waals surface area contributed by atoms with E-state index in [1.165, 1.54) is 11.1 Å². The molecule has 2 rings (SSSR count). The highest BCUT2D eigenvalue weighted by atomic mass is 16.5. The molecule has 112 valence electrons. The van der Waals surface area contributed by atoms with Crippen molar-refractivity contribution in [3.05, 3.63) is 59.2 Å². The molecule has 3 heteroatoms. The molecule has 0 aliphatic rings. The van der Waals surface area contributed by atoms with E-state index in [0.717, 1.165) is 30.2 Å². The highest BCUT2D eigenvalue weighted by Gasteiger charge is 2.01. The van der Waals surface area contributed by atoms with Crippen LogP contribution < -0.4 is 14.8 Å². The minimum absolute atomic E-state index is 0.696. The maximum atomic E-state index is 5.51. The zero-order chi connectivity index (χ0) is 15.1. The SMILES string of the molecule is CCOc1cccc(CNCc2ccc(OC)c(C)c2)c1. The molecule has 0 aromatic heterocycles. The van der Waals surface area contributed by atoms with E-state index in [1.54, 1.807) is 7.11 Å². The number of methoxy groups -OCH3 is 1. The number of rotatable bonds is 7. The predicted octanol–water partition coefficient (Wildman–Crippen LogP) is 3.69. The predicted molar refractivity (Wildman–Crippen MR) is 85.9 cm³/mol. The summed E-state index contributed by atoms with van der Waals surface area (Å²) in [6.45, 7) is 6.42. The van der Waals surface area contributed by atoms with E-state index in [0.29, 0.717) is 6.61 Å². The Morgan fingerprint density at radius 1 is 1.00 bits per heavy atom. The molecule has 0 atom stereocenters. The Hall–Kier alpha value is -2.00. The van der Waals surface area contributed by atoms with Gasteiger partial charge in [0.25, 0.3) is 0 Å². The lowest BCUT2D eigenvalue weighted by atomic mass is 10.1. The molecular weight excluding hydrogens is 262 g/mol. The fourth-order valence-corrected chi connectivity index (χ4v) is 2.31. The van der Waals surface area contributed by atoms with Crippen LogP contribution in [0, 0.1) is 6.92 Å². The van der Waals surface area contributed by atoms with Crippen molar-refractivity contribution in [1.29, 1.82) is 0 Å². The van der Waals surface area contributed by atoms with E-state index in [1.807, 2.05) is 25.1 Å². The first-order valence-corrected chi connectivity index (χ1v) is 7.29. The van der Waals surface area contributed by atoms with Gasteiger partial charge in [-0.15, -0.1) is 0 Å². The van der Waals surface area contributed by atoms with Crippen molar-refractivity contribution in [3.63, 3.8) is 0 Å². The molecule has 21 heavy (non-hydrogen) atoms. The quantitative estimate of drug-likeness (QED) is 0.841. The Bertz CT molecular complexity index is 581. The van der Waals surface area contributed by atoms with Crippen molar-refractivity contribution in [2.45, 2.75) is 26.9 Å². The Morgan fingerprint density at radius 3 is 2.43 bits per heavy atom. The molecule has 0 aliphatic heterocycles. The minimum Gasteiger partial charge on any atom is -0.496 e. The van der Waals surface area contributed by atoms with Crippen LogP contribution in [-0.4, -0.2) is 13.7 Å². The highest BCUT2D eigenvalue weighted by molar-refractivity contribution is 5.36. The first kappa shape index (κ1) is 15.4. The van der Waals surface area contributed by atoms with Crippen molar-refractivity contribution < 1.29 is 9.47 Å². The highest BCUT2D eigenvalue weighted by Crippen LogP contribution is 2.18. The third-order valence-electron chi connectivity index (χ3n) is 3.33. The van der Waals surface area contributed by atoms with Crippen LogP contribution >= 0.6 is 0 Å². The molecule has 0 unspecified atom stereocenters. The van der Waals surface area contributed by atoms with Crippen LogP contribution in [0.4, 0.5) is 0 Å². The number of benzene rings is 2. The number of hydrogen-bond acceptors (Lipinski definition) is 3. The molecule has 0 saturated heterocycles. The lowest BCUT2D eigenvalue weighted by molar-refractivity contribution is 0.340. The van der Waals surface area contributed by atoms with Gasteiger partial charge in [-0.05, 0) is 48.7 Å². The first-order valence-electron chi connectivity index (χ1n) is 7.29. The number of ether oxygens (including phenoxy) is 2. The summed E-state index contributed by atoms with van der Waals surface area (Å²) in [4.78, 5) is 0. The summed E-state index contributed by atoms with van der Waals surface area (Å²) >= 11 is 0. The summed E-state index contributed by atoms with van der Waals surface area (Å²) in [6, 6.07) is 14.5. The Kier molecular flexibility index (Phi) is 5.64. The smallest absolute Gasteiger partial charge is 0.121 e. The third-order valence-corrected chi connectivity index (χ3v) is 3.33. The third kappa shape index (κ3) is 4.50. The van der Waals surface area contributed by atoms with Crippen LogP contribution in [-0.2, 0) is 13.1 Å².